The van der Waals surface area contributed by atoms with E-state index in [1.54, 1.807) is 7.11 Å². The molecule has 122 valence electrons. The number of halogens is 1. The quantitative estimate of drug-likeness (QED) is 0.765. The molecule has 2 aliphatic heterocycles. The first-order valence-corrected chi connectivity index (χ1v) is 7.97. The molecule has 4 rings (SSSR count). The zero-order valence-electron chi connectivity index (χ0n) is 13.1. The SMILES string of the molecule is Br.COC1=CC2CN(O)CCC3CC(C)CC4=C3C2C(=C1)O4. The summed E-state index contributed by atoms with van der Waals surface area (Å²) in [6.07, 6.45) is 7.48. The van der Waals surface area contributed by atoms with Crippen molar-refractivity contribution in [1.82, 2.24) is 5.06 Å². The maximum Gasteiger partial charge on any atom is 0.118 e. The highest BCUT2D eigenvalue weighted by Crippen LogP contribution is 2.53. The predicted octanol–water partition coefficient (Wildman–Crippen LogP) is 3.65. The van der Waals surface area contributed by atoms with Crippen LogP contribution in [0.2, 0.25) is 0 Å². The van der Waals surface area contributed by atoms with Crippen molar-refractivity contribution in [3.05, 3.63) is 35.0 Å². The van der Waals surface area contributed by atoms with E-state index in [1.807, 2.05) is 6.08 Å². The molecule has 1 N–H and O–H groups in total. The molecule has 0 aromatic carbocycles. The van der Waals surface area contributed by atoms with E-state index >= 15 is 0 Å². The number of hydroxylamine groups is 2. The van der Waals surface area contributed by atoms with E-state index in [-0.39, 0.29) is 22.9 Å². The molecule has 2 aliphatic carbocycles. The summed E-state index contributed by atoms with van der Waals surface area (Å²) in [6.45, 7) is 3.69. The van der Waals surface area contributed by atoms with Crippen LogP contribution in [0, 0.1) is 23.7 Å². The third-order valence-electron chi connectivity index (χ3n) is 5.35. The third kappa shape index (κ3) is 2.53. The number of allylic oxidation sites excluding steroid dienone is 3. The van der Waals surface area contributed by atoms with E-state index < -0.39 is 0 Å². The Balaban J connectivity index is 0.00000144. The molecule has 0 spiro atoms. The van der Waals surface area contributed by atoms with E-state index in [2.05, 4.69) is 13.0 Å². The fourth-order valence-electron chi connectivity index (χ4n) is 4.50. The van der Waals surface area contributed by atoms with Crippen LogP contribution in [0.1, 0.15) is 26.2 Å². The molecule has 2 heterocycles. The van der Waals surface area contributed by atoms with Gasteiger partial charge in [-0.2, -0.15) is 5.06 Å². The number of rotatable bonds is 1. The van der Waals surface area contributed by atoms with Crippen LogP contribution >= 0.6 is 17.0 Å². The van der Waals surface area contributed by atoms with E-state index in [4.69, 9.17) is 9.47 Å². The highest BCUT2D eigenvalue weighted by Gasteiger charge is 2.46. The number of nitrogens with zero attached hydrogens (tertiary/aromatic N) is 1. The normalized spacial score (nSPS) is 37.0. The smallest absolute Gasteiger partial charge is 0.118 e. The Labute approximate surface area is 142 Å². The highest BCUT2D eigenvalue weighted by molar-refractivity contribution is 8.93. The lowest BCUT2D eigenvalue weighted by Gasteiger charge is -2.37. The summed E-state index contributed by atoms with van der Waals surface area (Å²) in [4.78, 5) is 0. The Kier molecular flexibility index (Phi) is 4.40. The predicted molar refractivity (Wildman–Crippen MR) is 88.5 cm³/mol. The molecule has 0 aromatic heterocycles. The Morgan fingerprint density at radius 3 is 3.00 bits per heavy atom. The van der Waals surface area contributed by atoms with Gasteiger partial charge in [0.1, 0.15) is 17.3 Å². The molecule has 1 saturated heterocycles. The zero-order valence-corrected chi connectivity index (χ0v) is 14.8. The van der Waals surface area contributed by atoms with E-state index in [0.29, 0.717) is 24.3 Å². The first kappa shape index (κ1) is 16.1. The lowest BCUT2D eigenvalue weighted by atomic mass is 9.69. The summed E-state index contributed by atoms with van der Waals surface area (Å²) < 4.78 is 11.6. The van der Waals surface area contributed by atoms with Crippen LogP contribution in [0.25, 0.3) is 0 Å². The van der Waals surface area contributed by atoms with Crippen molar-refractivity contribution in [2.45, 2.75) is 26.2 Å². The van der Waals surface area contributed by atoms with Gasteiger partial charge in [0, 0.05) is 37.4 Å². The first-order valence-electron chi connectivity index (χ1n) is 7.97. The van der Waals surface area contributed by atoms with Gasteiger partial charge in [-0.1, -0.05) is 6.92 Å². The molecule has 1 fully saturated rings. The molecule has 4 atom stereocenters. The summed E-state index contributed by atoms with van der Waals surface area (Å²) >= 11 is 0. The summed E-state index contributed by atoms with van der Waals surface area (Å²) in [5, 5.41) is 11.6. The van der Waals surface area contributed by atoms with Crippen molar-refractivity contribution in [3.63, 3.8) is 0 Å². The topological polar surface area (TPSA) is 41.9 Å². The summed E-state index contributed by atoms with van der Waals surface area (Å²) in [5.74, 6) is 4.85. The number of ether oxygens (including phenoxy) is 2. The Morgan fingerprint density at radius 2 is 2.23 bits per heavy atom. The molecule has 0 amide bonds. The van der Waals surface area contributed by atoms with Gasteiger partial charge in [-0.05, 0) is 36.3 Å². The van der Waals surface area contributed by atoms with Crippen LogP contribution in [0.5, 0.6) is 0 Å². The fraction of sp³-hybridized carbons (Fsp3) is 0.647. The van der Waals surface area contributed by atoms with Gasteiger partial charge < -0.3 is 14.7 Å². The van der Waals surface area contributed by atoms with Crippen LogP contribution in [-0.4, -0.2) is 30.5 Å². The monoisotopic (exact) mass is 369 g/mol. The molecule has 22 heavy (non-hydrogen) atoms. The summed E-state index contributed by atoms with van der Waals surface area (Å²) in [6, 6.07) is 0. The summed E-state index contributed by atoms with van der Waals surface area (Å²) in [7, 11) is 1.69. The van der Waals surface area contributed by atoms with Crippen molar-refractivity contribution in [1.29, 1.82) is 0 Å². The highest BCUT2D eigenvalue weighted by atomic mass is 79.9. The minimum absolute atomic E-state index is 0. The van der Waals surface area contributed by atoms with Gasteiger partial charge in [0.15, 0.2) is 0 Å². The molecular weight excluding hydrogens is 346 g/mol. The van der Waals surface area contributed by atoms with Gasteiger partial charge in [-0.15, -0.1) is 17.0 Å². The van der Waals surface area contributed by atoms with Gasteiger partial charge in [-0.3, -0.25) is 0 Å². The van der Waals surface area contributed by atoms with Crippen LogP contribution in [-0.2, 0) is 9.47 Å². The lowest BCUT2D eigenvalue weighted by Crippen LogP contribution is -2.38. The first-order chi connectivity index (χ1) is 10.2. The standard InChI is InChI=1S/C17H23NO3.BrH/c1-10-5-11-3-4-18(19)9-12-7-13(20-2)8-15-17(12)16(11)14(6-10)21-15;/h7-8,10-12,17,19H,3-6,9H2,1-2H3;1H. The largest absolute Gasteiger partial charge is 0.497 e. The molecule has 4 aliphatic rings. The molecular formula is C17H24BrNO3. The van der Waals surface area contributed by atoms with Gasteiger partial charge >= 0.3 is 0 Å². The molecule has 5 heteroatoms. The van der Waals surface area contributed by atoms with Crippen LogP contribution in [0.4, 0.5) is 0 Å². The minimum atomic E-state index is 0. The van der Waals surface area contributed by atoms with Gasteiger partial charge in [0.25, 0.3) is 0 Å². The average Bonchev–Trinajstić information content (AvgIpc) is 2.80. The Morgan fingerprint density at radius 1 is 1.41 bits per heavy atom. The fourth-order valence-corrected chi connectivity index (χ4v) is 4.50. The Bertz CT molecular complexity index is 554. The number of hydrogen-bond donors (Lipinski definition) is 1. The van der Waals surface area contributed by atoms with Crippen molar-refractivity contribution >= 4 is 17.0 Å². The molecule has 0 aromatic rings. The molecule has 0 saturated carbocycles. The molecule has 0 radical (unpaired) electrons. The van der Waals surface area contributed by atoms with Crippen molar-refractivity contribution in [3.8, 4) is 0 Å². The molecule has 0 bridgehead atoms. The third-order valence-corrected chi connectivity index (χ3v) is 5.35. The van der Waals surface area contributed by atoms with E-state index in [1.165, 1.54) is 22.8 Å². The number of methoxy groups -OCH3 is 1. The second-order valence-electron chi connectivity index (χ2n) is 6.89. The lowest BCUT2D eigenvalue weighted by molar-refractivity contribution is -0.107. The van der Waals surface area contributed by atoms with Crippen molar-refractivity contribution < 1.29 is 14.7 Å². The zero-order chi connectivity index (χ0) is 14.6. The Hall–Kier alpha value is -0.780. The van der Waals surface area contributed by atoms with Gasteiger partial charge in [-0.25, -0.2) is 0 Å². The maximum absolute atomic E-state index is 10.2. The minimum Gasteiger partial charge on any atom is -0.497 e. The average molecular weight is 370 g/mol. The van der Waals surface area contributed by atoms with Crippen LogP contribution in [0.3, 0.4) is 0 Å². The van der Waals surface area contributed by atoms with Crippen LogP contribution in [0.15, 0.2) is 35.0 Å². The van der Waals surface area contributed by atoms with Crippen LogP contribution < -0.4 is 0 Å². The van der Waals surface area contributed by atoms with Gasteiger partial charge in [0.05, 0.1) is 7.11 Å². The molecule has 4 nitrogen and oxygen atoms in total. The van der Waals surface area contributed by atoms with Crippen molar-refractivity contribution in [2.24, 2.45) is 23.7 Å². The van der Waals surface area contributed by atoms with Gasteiger partial charge in [0.2, 0.25) is 0 Å². The second-order valence-corrected chi connectivity index (χ2v) is 6.89. The summed E-state index contributed by atoms with van der Waals surface area (Å²) in [5.41, 5.74) is 1.52. The van der Waals surface area contributed by atoms with E-state index in [0.717, 1.165) is 30.9 Å². The van der Waals surface area contributed by atoms with Crippen molar-refractivity contribution in [2.75, 3.05) is 20.2 Å². The van der Waals surface area contributed by atoms with E-state index in [9.17, 15) is 5.21 Å². The molecule has 4 unspecified atom stereocenters. The second kappa shape index (κ2) is 6.02. The number of hydrogen-bond acceptors (Lipinski definition) is 4. The maximum atomic E-state index is 10.2.